The second-order valence-electron chi connectivity index (χ2n) is 5.59. The van der Waals surface area contributed by atoms with Crippen LogP contribution in [0.5, 0.6) is 0 Å². The van der Waals surface area contributed by atoms with Crippen molar-refractivity contribution in [2.45, 2.75) is 13.1 Å². The average molecular weight is 320 g/mol. The van der Waals surface area contributed by atoms with Crippen molar-refractivity contribution in [2.75, 3.05) is 11.9 Å². The van der Waals surface area contributed by atoms with E-state index in [1.54, 1.807) is 24.5 Å². The topological polar surface area (TPSA) is 61.0 Å². The van der Waals surface area contributed by atoms with Crippen LogP contribution in [-0.2, 0) is 13.1 Å². The van der Waals surface area contributed by atoms with Gasteiger partial charge in [-0.05, 0) is 23.8 Å². The Morgan fingerprint density at radius 2 is 1.96 bits per heavy atom. The summed E-state index contributed by atoms with van der Waals surface area (Å²) in [6.45, 7) is 1.19. The van der Waals surface area contributed by atoms with Gasteiger partial charge in [0, 0.05) is 38.1 Å². The standard InChI is InChI=1S/C19H20N4O/c1-23(14-15-7-3-2-4-8-15)18-16(9-5-12-21-18)13-22-19(24)17-10-6-11-20-17/h2-12,20H,13-14H2,1H3,(H,22,24). The number of hydrogen-bond donors (Lipinski definition) is 2. The number of anilines is 1. The molecule has 0 atom stereocenters. The zero-order valence-electron chi connectivity index (χ0n) is 13.6. The van der Waals surface area contributed by atoms with E-state index in [1.165, 1.54) is 5.56 Å². The fourth-order valence-electron chi connectivity index (χ4n) is 2.59. The summed E-state index contributed by atoms with van der Waals surface area (Å²) < 4.78 is 0. The molecule has 1 amide bonds. The lowest BCUT2D eigenvalue weighted by atomic mass is 10.2. The van der Waals surface area contributed by atoms with Gasteiger partial charge in [0.1, 0.15) is 11.5 Å². The normalized spacial score (nSPS) is 10.4. The monoisotopic (exact) mass is 320 g/mol. The Hall–Kier alpha value is -3.08. The van der Waals surface area contributed by atoms with E-state index in [4.69, 9.17) is 0 Å². The van der Waals surface area contributed by atoms with Gasteiger partial charge in [-0.1, -0.05) is 36.4 Å². The third kappa shape index (κ3) is 3.81. The minimum absolute atomic E-state index is 0.125. The second-order valence-corrected chi connectivity index (χ2v) is 5.59. The number of aromatic amines is 1. The number of nitrogens with zero attached hydrogens (tertiary/aromatic N) is 2. The first-order valence-electron chi connectivity index (χ1n) is 7.84. The smallest absolute Gasteiger partial charge is 0.267 e. The van der Waals surface area contributed by atoms with Crippen molar-refractivity contribution < 1.29 is 4.79 Å². The largest absolute Gasteiger partial charge is 0.357 e. The Morgan fingerprint density at radius 1 is 1.12 bits per heavy atom. The van der Waals surface area contributed by atoms with Crippen molar-refractivity contribution in [2.24, 2.45) is 0 Å². The van der Waals surface area contributed by atoms with Gasteiger partial charge in [-0.3, -0.25) is 4.79 Å². The Morgan fingerprint density at radius 3 is 2.71 bits per heavy atom. The fraction of sp³-hybridized carbons (Fsp3) is 0.158. The van der Waals surface area contributed by atoms with Gasteiger partial charge in [-0.15, -0.1) is 0 Å². The van der Waals surface area contributed by atoms with Crippen molar-refractivity contribution in [1.82, 2.24) is 15.3 Å². The number of hydrogen-bond acceptors (Lipinski definition) is 3. The molecule has 122 valence electrons. The lowest BCUT2D eigenvalue weighted by Crippen LogP contribution is -2.26. The van der Waals surface area contributed by atoms with Crippen molar-refractivity contribution in [3.63, 3.8) is 0 Å². The molecule has 0 saturated heterocycles. The minimum atomic E-state index is -0.125. The molecule has 0 saturated carbocycles. The van der Waals surface area contributed by atoms with Gasteiger partial charge in [-0.25, -0.2) is 4.98 Å². The van der Waals surface area contributed by atoms with Gasteiger partial charge in [-0.2, -0.15) is 0 Å². The number of aromatic nitrogens is 2. The van der Waals surface area contributed by atoms with Crippen LogP contribution in [0.2, 0.25) is 0 Å². The molecule has 2 heterocycles. The Kier molecular flexibility index (Phi) is 4.91. The zero-order valence-corrected chi connectivity index (χ0v) is 13.6. The molecule has 0 spiro atoms. The van der Waals surface area contributed by atoms with Crippen LogP contribution in [0.1, 0.15) is 21.6 Å². The number of H-pyrrole nitrogens is 1. The highest BCUT2D eigenvalue weighted by atomic mass is 16.1. The van der Waals surface area contributed by atoms with Gasteiger partial charge in [0.2, 0.25) is 0 Å². The molecule has 2 N–H and O–H groups in total. The summed E-state index contributed by atoms with van der Waals surface area (Å²) in [7, 11) is 2.01. The summed E-state index contributed by atoms with van der Waals surface area (Å²) in [5.41, 5.74) is 2.75. The lowest BCUT2D eigenvalue weighted by Gasteiger charge is -2.21. The highest BCUT2D eigenvalue weighted by Gasteiger charge is 2.11. The predicted molar refractivity (Wildman–Crippen MR) is 94.7 cm³/mol. The number of pyridine rings is 1. The van der Waals surface area contributed by atoms with Crippen LogP contribution in [-0.4, -0.2) is 22.9 Å². The summed E-state index contributed by atoms with van der Waals surface area (Å²) in [5.74, 6) is 0.744. The first kappa shape index (κ1) is 15.8. The van der Waals surface area contributed by atoms with E-state index in [9.17, 15) is 4.79 Å². The predicted octanol–water partition coefficient (Wildman–Crippen LogP) is 2.98. The Labute approximate surface area is 141 Å². The molecular weight excluding hydrogens is 300 g/mol. The number of carbonyl (C=O) groups excluding carboxylic acids is 1. The van der Waals surface area contributed by atoms with Gasteiger partial charge in [0.25, 0.3) is 5.91 Å². The van der Waals surface area contributed by atoms with Crippen LogP contribution in [0.4, 0.5) is 5.82 Å². The number of nitrogens with one attached hydrogen (secondary N) is 2. The van der Waals surface area contributed by atoms with Crippen LogP contribution >= 0.6 is 0 Å². The highest BCUT2D eigenvalue weighted by Crippen LogP contribution is 2.18. The average Bonchev–Trinajstić information content (AvgIpc) is 3.15. The molecule has 0 radical (unpaired) electrons. The quantitative estimate of drug-likeness (QED) is 0.734. The first-order valence-corrected chi connectivity index (χ1v) is 7.84. The van der Waals surface area contributed by atoms with Crippen molar-refractivity contribution in [3.05, 3.63) is 83.8 Å². The van der Waals surface area contributed by atoms with Gasteiger partial charge >= 0.3 is 0 Å². The van der Waals surface area contributed by atoms with Crippen molar-refractivity contribution >= 4 is 11.7 Å². The molecule has 3 aromatic rings. The van der Waals surface area contributed by atoms with Crippen LogP contribution < -0.4 is 10.2 Å². The molecule has 0 unspecified atom stereocenters. The third-order valence-corrected chi connectivity index (χ3v) is 3.77. The second kappa shape index (κ2) is 7.46. The maximum Gasteiger partial charge on any atom is 0.267 e. The van der Waals surface area contributed by atoms with Crippen molar-refractivity contribution in [3.8, 4) is 0 Å². The summed E-state index contributed by atoms with van der Waals surface area (Å²) in [5, 5.41) is 2.92. The van der Waals surface area contributed by atoms with Gasteiger partial charge in [0.05, 0.1) is 0 Å². The SMILES string of the molecule is CN(Cc1ccccc1)c1ncccc1CNC(=O)c1ccc[nH]1. The Bertz CT molecular complexity index is 784. The fourth-order valence-corrected chi connectivity index (χ4v) is 2.59. The third-order valence-electron chi connectivity index (χ3n) is 3.77. The molecule has 2 aromatic heterocycles. The molecule has 1 aromatic carbocycles. The lowest BCUT2D eigenvalue weighted by molar-refractivity contribution is 0.0946. The molecule has 3 rings (SSSR count). The molecule has 0 aliphatic heterocycles. The van der Waals surface area contributed by atoms with E-state index >= 15 is 0 Å². The van der Waals surface area contributed by atoms with E-state index in [0.29, 0.717) is 12.2 Å². The molecule has 0 fully saturated rings. The number of benzene rings is 1. The zero-order chi connectivity index (χ0) is 16.8. The van der Waals surface area contributed by atoms with E-state index < -0.39 is 0 Å². The van der Waals surface area contributed by atoms with Crippen LogP contribution in [0.15, 0.2) is 67.0 Å². The first-order chi connectivity index (χ1) is 11.7. The molecule has 0 aliphatic rings. The minimum Gasteiger partial charge on any atom is -0.357 e. The molecule has 0 aliphatic carbocycles. The maximum absolute atomic E-state index is 12.1. The number of rotatable bonds is 6. The van der Waals surface area contributed by atoms with Gasteiger partial charge < -0.3 is 15.2 Å². The summed E-state index contributed by atoms with van der Waals surface area (Å²) in [4.78, 5) is 21.6. The number of amides is 1. The van der Waals surface area contributed by atoms with E-state index in [1.807, 2.05) is 37.4 Å². The van der Waals surface area contributed by atoms with Gasteiger partial charge in [0.15, 0.2) is 0 Å². The summed E-state index contributed by atoms with van der Waals surface area (Å²) in [6, 6.07) is 17.7. The van der Waals surface area contributed by atoms with E-state index in [-0.39, 0.29) is 5.91 Å². The van der Waals surface area contributed by atoms with E-state index in [0.717, 1.165) is 17.9 Å². The Balaban J connectivity index is 1.69. The number of carbonyl (C=O) groups is 1. The highest BCUT2D eigenvalue weighted by molar-refractivity contribution is 5.92. The molecule has 5 nitrogen and oxygen atoms in total. The molecule has 24 heavy (non-hydrogen) atoms. The molecule has 5 heteroatoms. The van der Waals surface area contributed by atoms with Crippen LogP contribution in [0, 0.1) is 0 Å². The summed E-state index contributed by atoms with van der Waals surface area (Å²) in [6.07, 6.45) is 3.51. The summed E-state index contributed by atoms with van der Waals surface area (Å²) >= 11 is 0. The molecule has 0 bridgehead atoms. The van der Waals surface area contributed by atoms with E-state index in [2.05, 4.69) is 32.3 Å². The molecular formula is C19H20N4O. The van der Waals surface area contributed by atoms with Crippen molar-refractivity contribution in [1.29, 1.82) is 0 Å². The maximum atomic E-state index is 12.1. The van der Waals surface area contributed by atoms with Crippen LogP contribution in [0.25, 0.3) is 0 Å². The van der Waals surface area contributed by atoms with Crippen LogP contribution in [0.3, 0.4) is 0 Å².